The fraction of sp³-hybridized carbons (Fsp3) is 0.167. The van der Waals surface area contributed by atoms with Crippen LogP contribution >= 0.6 is 23.2 Å². The lowest BCUT2D eigenvalue weighted by atomic mass is 10.1. The Hall–Kier alpha value is -1.72. The van der Waals surface area contributed by atoms with Gasteiger partial charge in [0, 0.05) is 16.6 Å². The van der Waals surface area contributed by atoms with Crippen molar-refractivity contribution in [2.45, 2.75) is 6.42 Å². The zero-order chi connectivity index (χ0) is 13.8. The number of hydrogen-bond donors (Lipinski definition) is 2. The van der Waals surface area contributed by atoms with Crippen LogP contribution in [0.15, 0.2) is 28.9 Å². The molecule has 1 amide bonds. The van der Waals surface area contributed by atoms with E-state index in [2.05, 4.69) is 10.3 Å². The van der Waals surface area contributed by atoms with E-state index in [-0.39, 0.29) is 17.6 Å². The Bertz CT molecular complexity index is 598. The fourth-order valence-electron chi connectivity index (χ4n) is 1.52. The highest BCUT2D eigenvalue weighted by Gasteiger charge is 2.10. The summed E-state index contributed by atoms with van der Waals surface area (Å²) in [4.78, 5) is 15.4. The van der Waals surface area contributed by atoms with E-state index in [4.69, 9.17) is 33.4 Å². The molecule has 100 valence electrons. The van der Waals surface area contributed by atoms with Gasteiger partial charge in [-0.15, -0.1) is 0 Å². The first kappa shape index (κ1) is 13.7. The largest absolute Gasteiger partial charge is 0.431 e. The third-order valence-electron chi connectivity index (χ3n) is 2.45. The summed E-state index contributed by atoms with van der Waals surface area (Å²) in [6, 6.07) is 5.21. The van der Waals surface area contributed by atoms with Crippen LogP contribution in [-0.4, -0.2) is 17.4 Å². The minimum Gasteiger partial charge on any atom is -0.431 e. The average Bonchev–Trinajstić information content (AvgIpc) is 2.78. The summed E-state index contributed by atoms with van der Waals surface area (Å²) in [7, 11) is 0. The molecule has 0 aliphatic carbocycles. The number of hydrogen-bond acceptors (Lipinski definition) is 4. The molecular weight excluding hydrogens is 289 g/mol. The zero-order valence-electron chi connectivity index (χ0n) is 9.82. The first-order chi connectivity index (χ1) is 9.06. The molecule has 2 rings (SSSR count). The standard InChI is InChI=1S/C12H11Cl2N3O2/c13-8-2-1-7(9(14)5-8)3-4-16-11(18)10-6-19-12(15)17-10/h1-2,5-6H,3-4H2,(H2,15,17)(H,16,18). The van der Waals surface area contributed by atoms with E-state index in [9.17, 15) is 4.79 Å². The Morgan fingerprint density at radius 1 is 1.42 bits per heavy atom. The van der Waals surface area contributed by atoms with E-state index in [1.807, 2.05) is 6.07 Å². The summed E-state index contributed by atoms with van der Waals surface area (Å²) in [5.41, 5.74) is 6.34. The number of carbonyl (C=O) groups excluding carboxylic acids is 1. The van der Waals surface area contributed by atoms with Crippen LogP contribution in [0.1, 0.15) is 16.1 Å². The van der Waals surface area contributed by atoms with Crippen LogP contribution in [-0.2, 0) is 6.42 Å². The quantitative estimate of drug-likeness (QED) is 0.909. The van der Waals surface area contributed by atoms with Gasteiger partial charge in [0.05, 0.1) is 0 Å². The Balaban J connectivity index is 1.88. The maximum atomic E-state index is 11.6. The second kappa shape index (κ2) is 5.95. The molecule has 0 unspecified atom stereocenters. The van der Waals surface area contributed by atoms with Crippen LogP contribution in [0.4, 0.5) is 6.01 Å². The van der Waals surface area contributed by atoms with Crippen LogP contribution in [0.5, 0.6) is 0 Å². The molecule has 0 aliphatic heterocycles. The summed E-state index contributed by atoms with van der Waals surface area (Å²) < 4.78 is 4.75. The van der Waals surface area contributed by atoms with Crippen molar-refractivity contribution in [2.24, 2.45) is 0 Å². The number of anilines is 1. The molecule has 5 nitrogen and oxygen atoms in total. The lowest BCUT2D eigenvalue weighted by Gasteiger charge is -2.05. The first-order valence-corrected chi connectivity index (χ1v) is 6.25. The summed E-state index contributed by atoms with van der Waals surface area (Å²) in [5.74, 6) is -0.342. The van der Waals surface area contributed by atoms with Crippen LogP contribution in [0.2, 0.25) is 10.0 Å². The second-order valence-electron chi connectivity index (χ2n) is 3.81. The molecule has 7 heteroatoms. The van der Waals surface area contributed by atoms with Crippen molar-refractivity contribution < 1.29 is 9.21 Å². The van der Waals surface area contributed by atoms with Gasteiger partial charge in [0.25, 0.3) is 11.9 Å². The predicted molar refractivity (Wildman–Crippen MR) is 73.4 cm³/mol. The zero-order valence-corrected chi connectivity index (χ0v) is 11.3. The highest BCUT2D eigenvalue weighted by molar-refractivity contribution is 6.35. The number of nitrogen functional groups attached to an aromatic ring is 1. The third kappa shape index (κ3) is 3.62. The van der Waals surface area contributed by atoms with E-state index in [0.717, 1.165) is 5.56 Å². The molecule has 0 saturated heterocycles. The Morgan fingerprint density at radius 3 is 2.84 bits per heavy atom. The Morgan fingerprint density at radius 2 is 2.21 bits per heavy atom. The normalized spacial score (nSPS) is 10.4. The van der Waals surface area contributed by atoms with E-state index in [1.54, 1.807) is 12.1 Å². The van der Waals surface area contributed by atoms with E-state index >= 15 is 0 Å². The Kier molecular flexibility index (Phi) is 4.29. The molecule has 0 radical (unpaired) electrons. The number of aromatic nitrogens is 1. The molecule has 1 heterocycles. The number of oxazole rings is 1. The topological polar surface area (TPSA) is 81.1 Å². The highest BCUT2D eigenvalue weighted by atomic mass is 35.5. The Labute approximate surface area is 119 Å². The fourth-order valence-corrected chi connectivity index (χ4v) is 2.02. The second-order valence-corrected chi connectivity index (χ2v) is 4.66. The lowest BCUT2D eigenvalue weighted by Crippen LogP contribution is -2.26. The monoisotopic (exact) mass is 299 g/mol. The number of nitrogens with one attached hydrogen (secondary N) is 1. The number of halogens is 2. The van der Waals surface area contributed by atoms with Gasteiger partial charge in [0.1, 0.15) is 6.26 Å². The molecule has 0 fully saturated rings. The van der Waals surface area contributed by atoms with Gasteiger partial charge in [-0.05, 0) is 24.1 Å². The van der Waals surface area contributed by atoms with Gasteiger partial charge in [-0.1, -0.05) is 29.3 Å². The van der Waals surface area contributed by atoms with Crippen molar-refractivity contribution in [1.29, 1.82) is 0 Å². The number of nitrogens with zero attached hydrogens (tertiary/aromatic N) is 1. The van der Waals surface area contributed by atoms with Gasteiger partial charge in [-0.2, -0.15) is 4.98 Å². The van der Waals surface area contributed by atoms with Crippen LogP contribution in [0.3, 0.4) is 0 Å². The molecule has 0 atom stereocenters. The minimum absolute atomic E-state index is 0.0362. The maximum absolute atomic E-state index is 11.6. The van der Waals surface area contributed by atoms with Crippen molar-refractivity contribution in [3.63, 3.8) is 0 Å². The summed E-state index contributed by atoms with van der Waals surface area (Å²) >= 11 is 11.8. The van der Waals surface area contributed by atoms with Gasteiger partial charge in [-0.25, -0.2) is 0 Å². The molecule has 0 saturated carbocycles. The molecule has 3 N–H and O–H groups in total. The van der Waals surface area contributed by atoms with Crippen LogP contribution in [0, 0.1) is 0 Å². The highest BCUT2D eigenvalue weighted by Crippen LogP contribution is 2.21. The molecular formula is C12H11Cl2N3O2. The number of amides is 1. The minimum atomic E-state index is -0.342. The number of nitrogens with two attached hydrogens (primary N) is 1. The first-order valence-electron chi connectivity index (χ1n) is 5.49. The summed E-state index contributed by atoms with van der Waals surface area (Å²) in [6.07, 6.45) is 1.80. The third-order valence-corrected chi connectivity index (χ3v) is 3.04. The van der Waals surface area contributed by atoms with Gasteiger partial charge in [-0.3, -0.25) is 4.79 Å². The smallest absolute Gasteiger partial charge is 0.292 e. The lowest BCUT2D eigenvalue weighted by molar-refractivity contribution is 0.0949. The van der Waals surface area contributed by atoms with Crippen LogP contribution < -0.4 is 11.1 Å². The van der Waals surface area contributed by atoms with Gasteiger partial charge < -0.3 is 15.5 Å². The van der Waals surface area contributed by atoms with Crippen molar-refractivity contribution in [1.82, 2.24) is 10.3 Å². The van der Waals surface area contributed by atoms with Crippen molar-refractivity contribution >= 4 is 35.1 Å². The van der Waals surface area contributed by atoms with E-state index < -0.39 is 0 Å². The molecule has 0 spiro atoms. The molecule has 1 aromatic carbocycles. The van der Waals surface area contributed by atoms with Gasteiger partial charge in [0.2, 0.25) is 0 Å². The molecule has 19 heavy (non-hydrogen) atoms. The van der Waals surface area contributed by atoms with E-state index in [1.165, 1.54) is 6.26 Å². The summed E-state index contributed by atoms with van der Waals surface area (Å²) in [5, 5.41) is 3.85. The summed E-state index contributed by atoms with van der Waals surface area (Å²) in [6.45, 7) is 0.424. The number of benzene rings is 1. The van der Waals surface area contributed by atoms with Crippen LogP contribution in [0.25, 0.3) is 0 Å². The molecule has 1 aromatic heterocycles. The maximum Gasteiger partial charge on any atom is 0.292 e. The molecule has 0 bridgehead atoms. The molecule has 0 aliphatic rings. The van der Waals surface area contributed by atoms with Crippen molar-refractivity contribution in [3.8, 4) is 0 Å². The SMILES string of the molecule is Nc1nc(C(=O)NCCc2ccc(Cl)cc2Cl)co1. The average molecular weight is 300 g/mol. The van der Waals surface area contributed by atoms with Crippen molar-refractivity contribution in [2.75, 3.05) is 12.3 Å². The number of rotatable bonds is 4. The predicted octanol–water partition coefficient (Wildman–Crippen LogP) is 2.54. The van der Waals surface area contributed by atoms with Gasteiger partial charge >= 0.3 is 0 Å². The van der Waals surface area contributed by atoms with Gasteiger partial charge in [0.15, 0.2) is 5.69 Å². The van der Waals surface area contributed by atoms with Crippen molar-refractivity contribution in [3.05, 3.63) is 45.8 Å². The molecule has 2 aromatic rings. The van der Waals surface area contributed by atoms with E-state index in [0.29, 0.717) is 23.0 Å². The number of carbonyl (C=O) groups is 1.